The van der Waals surface area contributed by atoms with Crippen LogP contribution in [0.2, 0.25) is 0 Å². The fourth-order valence-electron chi connectivity index (χ4n) is 3.15. The van der Waals surface area contributed by atoms with Crippen LogP contribution in [0.3, 0.4) is 0 Å². The van der Waals surface area contributed by atoms with Crippen molar-refractivity contribution in [1.82, 2.24) is 15.5 Å². The van der Waals surface area contributed by atoms with E-state index in [1.54, 1.807) is 11.3 Å². The van der Waals surface area contributed by atoms with Gasteiger partial charge in [-0.3, -0.25) is 4.79 Å². The maximum atomic E-state index is 12.0. The van der Waals surface area contributed by atoms with Gasteiger partial charge < -0.3 is 9.73 Å². The summed E-state index contributed by atoms with van der Waals surface area (Å²) in [5, 5.41) is 11.6. The first-order valence-electron chi connectivity index (χ1n) is 9.06. The monoisotopic (exact) mass is 399 g/mol. The number of hydrogen-bond donors (Lipinski definition) is 1. The number of aromatic nitrogens is 2. The Hall–Kier alpha value is -2.12. The minimum atomic E-state index is -0.0517. The summed E-state index contributed by atoms with van der Waals surface area (Å²) in [6.07, 6.45) is 3.51. The Balaban J connectivity index is 1.31. The van der Waals surface area contributed by atoms with E-state index in [-0.39, 0.29) is 11.7 Å². The highest BCUT2D eigenvalue weighted by atomic mass is 32.2. The third kappa shape index (κ3) is 4.59. The molecule has 0 fully saturated rings. The van der Waals surface area contributed by atoms with Gasteiger partial charge in [0.25, 0.3) is 11.1 Å². The van der Waals surface area contributed by atoms with Crippen LogP contribution in [0.5, 0.6) is 0 Å². The Kier molecular flexibility index (Phi) is 5.59. The van der Waals surface area contributed by atoms with Crippen molar-refractivity contribution >= 4 is 29.0 Å². The van der Waals surface area contributed by atoms with Crippen LogP contribution in [-0.2, 0) is 24.2 Å². The van der Waals surface area contributed by atoms with Crippen LogP contribution in [0, 0.1) is 5.92 Å². The summed E-state index contributed by atoms with van der Waals surface area (Å²) in [6, 6.07) is 12.0. The standard InChI is InChI=1S/C20H21N3O2S2/c1-13-7-8-16-15(9-13)10-17(27-16)19-22-23-20(25-19)26-12-18(24)21-11-14-5-3-2-4-6-14/h2-6,10,13H,7-9,11-12H2,1H3,(H,21,24)/t13-/m1/s1. The van der Waals surface area contributed by atoms with E-state index in [1.807, 2.05) is 30.3 Å². The number of amides is 1. The number of rotatable bonds is 6. The van der Waals surface area contributed by atoms with E-state index in [0.29, 0.717) is 17.7 Å². The molecule has 1 atom stereocenters. The summed E-state index contributed by atoms with van der Waals surface area (Å²) in [5.41, 5.74) is 2.49. The summed E-state index contributed by atoms with van der Waals surface area (Å²) in [6.45, 7) is 2.82. The maximum absolute atomic E-state index is 12.0. The zero-order valence-corrected chi connectivity index (χ0v) is 16.7. The third-order valence-electron chi connectivity index (χ3n) is 4.61. The van der Waals surface area contributed by atoms with Crippen LogP contribution in [0.4, 0.5) is 0 Å². The molecule has 1 aliphatic rings. The molecule has 0 saturated carbocycles. The Bertz CT molecular complexity index is 920. The first-order valence-corrected chi connectivity index (χ1v) is 10.9. The molecular formula is C20H21N3O2S2. The molecule has 3 aromatic rings. The molecule has 0 unspecified atom stereocenters. The molecule has 7 heteroatoms. The van der Waals surface area contributed by atoms with Crippen LogP contribution in [-0.4, -0.2) is 21.9 Å². The number of benzene rings is 1. The van der Waals surface area contributed by atoms with Gasteiger partial charge in [0.1, 0.15) is 0 Å². The zero-order chi connectivity index (χ0) is 18.6. The number of carbonyl (C=O) groups excluding carboxylic acids is 1. The lowest BCUT2D eigenvalue weighted by atomic mass is 9.90. The Morgan fingerprint density at radius 3 is 3.04 bits per heavy atom. The van der Waals surface area contributed by atoms with Gasteiger partial charge in [0.15, 0.2) is 0 Å². The molecular weight excluding hydrogens is 378 g/mol. The molecule has 1 aromatic carbocycles. The van der Waals surface area contributed by atoms with Crippen molar-refractivity contribution in [2.75, 3.05) is 5.75 Å². The summed E-state index contributed by atoms with van der Waals surface area (Å²) in [7, 11) is 0. The number of fused-ring (bicyclic) bond motifs is 1. The lowest BCUT2D eigenvalue weighted by molar-refractivity contribution is -0.118. The number of thiophene rings is 1. The Morgan fingerprint density at radius 1 is 1.33 bits per heavy atom. The minimum Gasteiger partial charge on any atom is -0.410 e. The predicted molar refractivity (Wildman–Crippen MR) is 108 cm³/mol. The average molecular weight is 400 g/mol. The molecule has 0 bridgehead atoms. The molecule has 5 nitrogen and oxygen atoms in total. The van der Waals surface area contributed by atoms with Gasteiger partial charge in [-0.05, 0) is 42.4 Å². The second-order valence-corrected chi connectivity index (χ2v) is 8.89. The van der Waals surface area contributed by atoms with Crippen molar-refractivity contribution in [2.45, 2.75) is 38.0 Å². The van der Waals surface area contributed by atoms with Crippen molar-refractivity contribution in [2.24, 2.45) is 5.92 Å². The van der Waals surface area contributed by atoms with Gasteiger partial charge in [-0.2, -0.15) is 0 Å². The van der Waals surface area contributed by atoms with E-state index < -0.39 is 0 Å². The summed E-state index contributed by atoms with van der Waals surface area (Å²) >= 11 is 3.02. The van der Waals surface area contributed by atoms with E-state index in [0.717, 1.165) is 29.2 Å². The smallest absolute Gasteiger partial charge is 0.277 e. The number of thioether (sulfide) groups is 1. The lowest BCUT2D eigenvalue weighted by Gasteiger charge is -2.16. The van der Waals surface area contributed by atoms with E-state index in [1.165, 1.54) is 28.6 Å². The lowest BCUT2D eigenvalue weighted by Crippen LogP contribution is -2.24. The topological polar surface area (TPSA) is 68.0 Å². The highest BCUT2D eigenvalue weighted by molar-refractivity contribution is 7.99. The molecule has 0 radical (unpaired) electrons. The molecule has 0 saturated heterocycles. The molecule has 1 amide bonds. The van der Waals surface area contributed by atoms with Crippen molar-refractivity contribution in [3.63, 3.8) is 0 Å². The first kappa shape index (κ1) is 18.3. The molecule has 1 N–H and O–H groups in total. The van der Waals surface area contributed by atoms with Gasteiger partial charge in [-0.25, -0.2) is 0 Å². The van der Waals surface area contributed by atoms with Crippen molar-refractivity contribution in [3.8, 4) is 10.8 Å². The number of nitrogens with one attached hydrogen (secondary N) is 1. The van der Waals surface area contributed by atoms with Crippen molar-refractivity contribution < 1.29 is 9.21 Å². The predicted octanol–water partition coefficient (Wildman–Crippen LogP) is 4.33. The highest BCUT2D eigenvalue weighted by Gasteiger charge is 2.21. The van der Waals surface area contributed by atoms with Gasteiger partial charge in [0.05, 0.1) is 10.6 Å². The summed E-state index contributed by atoms with van der Waals surface area (Å²) in [5.74, 6) is 1.49. The largest absolute Gasteiger partial charge is 0.410 e. The first-order chi connectivity index (χ1) is 13.2. The minimum absolute atomic E-state index is 0.0517. The van der Waals surface area contributed by atoms with Gasteiger partial charge >= 0.3 is 0 Å². The van der Waals surface area contributed by atoms with Crippen molar-refractivity contribution in [3.05, 3.63) is 52.4 Å². The number of nitrogens with zero attached hydrogens (tertiary/aromatic N) is 2. The van der Waals surface area contributed by atoms with Crippen LogP contribution in [0.1, 0.15) is 29.3 Å². The molecule has 4 rings (SSSR count). The quantitative estimate of drug-likeness (QED) is 0.625. The second-order valence-electron chi connectivity index (χ2n) is 6.83. The van der Waals surface area contributed by atoms with Gasteiger partial charge in [0, 0.05) is 11.4 Å². The van der Waals surface area contributed by atoms with Gasteiger partial charge in [-0.1, -0.05) is 49.0 Å². The van der Waals surface area contributed by atoms with Gasteiger partial charge in [0.2, 0.25) is 5.91 Å². The molecule has 140 valence electrons. The fraction of sp³-hybridized carbons (Fsp3) is 0.350. The number of carbonyl (C=O) groups is 1. The van der Waals surface area contributed by atoms with E-state index in [4.69, 9.17) is 4.42 Å². The maximum Gasteiger partial charge on any atom is 0.277 e. The highest BCUT2D eigenvalue weighted by Crippen LogP contribution is 2.37. The fourth-order valence-corrected chi connectivity index (χ4v) is 4.88. The Morgan fingerprint density at radius 2 is 2.19 bits per heavy atom. The third-order valence-corrected chi connectivity index (χ3v) is 6.65. The van der Waals surface area contributed by atoms with E-state index >= 15 is 0 Å². The van der Waals surface area contributed by atoms with Crippen LogP contribution in [0.25, 0.3) is 10.8 Å². The number of aryl methyl sites for hydroxylation is 1. The average Bonchev–Trinajstić information content (AvgIpc) is 3.32. The Labute approximate surface area is 166 Å². The molecule has 2 heterocycles. The zero-order valence-electron chi connectivity index (χ0n) is 15.1. The molecule has 2 aromatic heterocycles. The number of hydrogen-bond acceptors (Lipinski definition) is 6. The SMILES string of the molecule is C[C@@H]1CCc2sc(-c3nnc(SCC(=O)NCc4ccccc4)o3)cc2C1. The summed E-state index contributed by atoms with van der Waals surface area (Å²) in [4.78, 5) is 14.5. The van der Waals surface area contributed by atoms with Crippen LogP contribution >= 0.6 is 23.1 Å². The summed E-state index contributed by atoms with van der Waals surface area (Å²) < 4.78 is 5.76. The second kappa shape index (κ2) is 8.27. The van der Waals surface area contributed by atoms with Crippen LogP contribution in [0.15, 0.2) is 46.0 Å². The van der Waals surface area contributed by atoms with E-state index in [9.17, 15) is 4.79 Å². The van der Waals surface area contributed by atoms with Crippen molar-refractivity contribution in [1.29, 1.82) is 0 Å². The molecule has 1 aliphatic carbocycles. The molecule has 0 aliphatic heterocycles. The normalized spacial score (nSPS) is 16.1. The van der Waals surface area contributed by atoms with Crippen LogP contribution < -0.4 is 5.32 Å². The molecule has 27 heavy (non-hydrogen) atoms. The van der Waals surface area contributed by atoms with E-state index in [2.05, 4.69) is 28.5 Å². The molecule has 0 spiro atoms. The van der Waals surface area contributed by atoms with Gasteiger partial charge in [-0.15, -0.1) is 21.5 Å².